The highest BCUT2D eigenvalue weighted by atomic mass is 16.6. The molecule has 2 N–H and O–H groups in total. The van der Waals surface area contributed by atoms with Crippen LogP contribution in [0.1, 0.15) is 71.1 Å². The molecule has 4 unspecified atom stereocenters. The van der Waals surface area contributed by atoms with E-state index in [4.69, 9.17) is 0 Å². The zero-order chi connectivity index (χ0) is 20.7. The van der Waals surface area contributed by atoms with E-state index < -0.39 is 40.6 Å². The third-order valence-electron chi connectivity index (χ3n) is 4.47. The minimum absolute atomic E-state index is 0.0631. The Morgan fingerprint density at radius 2 is 1.52 bits per heavy atom. The molecular weight excluding hydrogens is 356 g/mol. The highest BCUT2D eigenvalue weighted by Gasteiger charge is 2.38. The molecule has 4 atom stereocenters. The summed E-state index contributed by atoms with van der Waals surface area (Å²) in [5.41, 5.74) is 0. The predicted molar refractivity (Wildman–Crippen MR) is 100 cm³/mol. The van der Waals surface area contributed by atoms with Crippen LogP contribution in [0.5, 0.6) is 0 Å². The molecule has 0 rings (SSSR count). The van der Waals surface area contributed by atoms with Crippen molar-refractivity contribution in [3.05, 3.63) is 32.4 Å². The fraction of sp³-hybridized carbons (Fsp3) is 0.833. The van der Waals surface area contributed by atoms with Crippen molar-refractivity contribution < 1.29 is 24.9 Å². The second kappa shape index (κ2) is 15.2. The van der Waals surface area contributed by atoms with Crippen molar-refractivity contribution in [3.8, 4) is 0 Å². The van der Waals surface area contributed by atoms with E-state index in [1.165, 1.54) is 0 Å². The van der Waals surface area contributed by atoms with Gasteiger partial charge in [0.15, 0.2) is 6.29 Å². The van der Waals surface area contributed by atoms with Gasteiger partial charge in [-0.05, 0) is 25.7 Å². The van der Waals surface area contributed by atoms with Gasteiger partial charge in [0, 0.05) is 22.7 Å². The van der Waals surface area contributed by atoms with Crippen LogP contribution in [0, 0.1) is 20.2 Å². The lowest BCUT2D eigenvalue weighted by Crippen LogP contribution is -2.42. The quantitative estimate of drug-likeness (QED) is 0.169. The summed E-state index contributed by atoms with van der Waals surface area (Å²) < 4.78 is 0. The van der Waals surface area contributed by atoms with E-state index in [9.17, 15) is 35.2 Å². The Balaban J connectivity index is 4.57. The number of nitro groups is 2. The molecule has 0 fully saturated rings. The van der Waals surface area contributed by atoms with Gasteiger partial charge in [-0.3, -0.25) is 25.0 Å². The molecule has 0 aromatic heterocycles. The first kappa shape index (κ1) is 25.1. The first-order valence-electron chi connectivity index (χ1n) is 9.48. The molecule has 9 heteroatoms. The van der Waals surface area contributed by atoms with Crippen molar-refractivity contribution in [1.82, 2.24) is 0 Å². The first-order chi connectivity index (χ1) is 12.8. The fourth-order valence-electron chi connectivity index (χ4n) is 2.87. The van der Waals surface area contributed by atoms with Gasteiger partial charge in [0.1, 0.15) is 12.2 Å². The lowest BCUT2D eigenvalue weighted by molar-refractivity contribution is -0.554. The third-order valence-corrected chi connectivity index (χ3v) is 4.47. The van der Waals surface area contributed by atoms with Crippen LogP contribution in [0.25, 0.3) is 0 Å². The molecule has 9 nitrogen and oxygen atoms in total. The smallest absolute Gasteiger partial charge is 0.241 e. The number of hydrogen-bond acceptors (Lipinski definition) is 7. The summed E-state index contributed by atoms with van der Waals surface area (Å²) >= 11 is 0. The minimum atomic E-state index is -1.50. The monoisotopic (exact) mass is 387 g/mol. The van der Waals surface area contributed by atoms with Gasteiger partial charge in [0.25, 0.3) is 0 Å². The Morgan fingerprint density at radius 3 is 2.07 bits per heavy atom. The molecule has 0 aromatic carbocycles. The van der Waals surface area contributed by atoms with Crippen LogP contribution < -0.4 is 0 Å². The number of hydrogen-bond donors (Lipinski definition) is 2. The summed E-state index contributed by atoms with van der Waals surface area (Å²) in [5, 5.41) is 42.6. The maximum atomic E-state index is 11.2. The number of aliphatic hydroxyl groups is 2. The van der Waals surface area contributed by atoms with Crippen LogP contribution >= 0.6 is 0 Å². The van der Waals surface area contributed by atoms with E-state index in [-0.39, 0.29) is 12.8 Å². The normalized spacial score (nSPS) is 16.0. The molecule has 0 heterocycles. The molecule has 0 aliphatic carbocycles. The van der Waals surface area contributed by atoms with Crippen LogP contribution in [-0.4, -0.2) is 50.6 Å². The summed E-state index contributed by atoms with van der Waals surface area (Å²) in [6.45, 7) is 1.89. The molecule has 0 aliphatic heterocycles. The van der Waals surface area contributed by atoms with E-state index in [0.29, 0.717) is 12.8 Å². The van der Waals surface area contributed by atoms with Crippen LogP contribution in [0.2, 0.25) is 0 Å². The fourth-order valence-corrected chi connectivity index (χ4v) is 2.87. The lowest BCUT2D eigenvalue weighted by Gasteiger charge is -2.20. The Labute approximate surface area is 159 Å². The number of rotatable bonds is 17. The van der Waals surface area contributed by atoms with Crippen molar-refractivity contribution in [1.29, 1.82) is 0 Å². The average Bonchev–Trinajstić information content (AvgIpc) is 2.61. The molecular formula is C18H31N2O7. The Bertz CT molecular complexity index is 471. The topological polar surface area (TPSA) is 144 Å². The van der Waals surface area contributed by atoms with Gasteiger partial charge in [-0.1, -0.05) is 38.3 Å². The van der Waals surface area contributed by atoms with E-state index in [2.05, 4.69) is 0 Å². The molecule has 1 radical (unpaired) electrons. The summed E-state index contributed by atoms with van der Waals surface area (Å²) in [7, 11) is 0. The lowest BCUT2D eigenvalue weighted by atomic mass is 9.94. The first-order valence-corrected chi connectivity index (χ1v) is 9.48. The number of aliphatic hydroxyl groups excluding tert-OH is 2. The molecule has 0 saturated heterocycles. The summed E-state index contributed by atoms with van der Waals surface area (Å²) in [6, 6.07) is -2.75. The second-order valence-corrected chi connectivity index (χ2v) is 6.64. The van der Waals surface area contributed by atoms with Crippen molar-refractivity contribution in [2.75, 3.05) is 0 Å². The van der Waals surface area contributed by atoms with Gasteiger partial charge in [0.2, 0.25) is 12.1 Å². The maximum absolute atomic E-state index is 11.2. The van der Waals surface area contributed by atoms with Crippen LogP contribution in [0.3, 0.4) is 0 Å². The van der Waals surface area contributed by atoms with Gasteiger partial charge in [-0.2, -0.15) is 0 Å². The summed E-state index contributed by atoms with van der Waals surface area (Å²) in [4.78, 5) is 31.2. The highest BCUT2D eigenvalue weighted by molar-refractivity contribution is 5.50. The number of carbonyl (C=O) groups excluding carboxylic acids is 1. The molecule has 0 aromatic rings. The molecule has 0 amide bonds. The van der Waals surface area contributed by atoms with Gasteiger partial charge in [-0.25, -0.2) is 0 Å². The Kier molecular flexibility index (Phi) is 14.2. The van der Waals surface area contributed by atoms with Crippen molar-refractivity contribution in [3.63, 3.8) is 0 Å². The molecule has 0 saturated carbocycles. The van der Waals surface area contributed by atoms with Gasteiger partial charge in [0.05, 0.1) is 6.42 Å². The molecule has 0 bridgehead atoms. The Morgan fingerprint density at radius 1 is 0.926 bits per heavy atom. The maximum Gasteiger partial charge on any atom is 0.241 e. The zero-order valence-corrected chi connectivity index (χ0v) is 15.9. The van der Waals surface area contributed by atoms with E-state index in [0.717, 1.165) is 32.1 Å². The highest BCUT2D eigenvalue weighted by Crippen LogP contribution is 2.18. The van der Waals surface area contributed by atoms with Crippen LogP contribution in [-0.2, 0) is 4.79 Å². The standard InChI is InChI=1S/C18H31N2O7/c1-2-3-8-12-17(22)16(20(26)27)14-18(23)15(19(24)25)11-9-6-4-5-7-10-13-21/h3,8,15-18,22-23H,2,4-7,9-12,14H2,1H3/b8-3-. The van der Waals surface area contributed by atoms with E-state index in [1.54, 1.807) is 18.4 Å². The number of nitrogens with zero attached hydrogens (tertiary/aromatic N) is 2. The van der Waals surface area contributed by atoms with Crippen molar-refractivity contribution >= 4 is 6.29 Å². The average molecular weight is 387 g/mol. The van der Waals surface area contributed by atoms with E-state index >= 15 is 0 Å². The van der Waals surface area contributed by atoms with Crippen LogP contribution in [0.4, 0.5) is 0 Å². The predicted octanol–water partition coefficient (Wildman–Crippen LogP) is 2.59. The largest absolute Gasteiger partial charge is 0.386 e. The van der Waals surface area contributed by atoms with E-state index in [1.807, 2.05) is 6.92 Å². The summed E-state index contributed by atoms with van der Waals surface area (Å²) in [5.74, 6) is 0. The number of allylic oxidation sites excluding steroid dienone is 1. The zero-order valence-electron chi connectivity index (χ0n) is 15.9. The minimum Gasteiger partial charge on any atom is -0.386 e. The molecule has 155 valence electrons. The third kappa shape index (κ3) is 11.4. The van der Waals surface area contributed by atoms with Gasteiger partial charge < -0.3 is 10.2 Å². The SMILES string of the molecule is CC/C=C\CC(O)C(CC(O)C(CCCCCCC[C]=O)[N+](=O)[O-])[N+](=O)[O-]. The second-order valence-electron chi connectivity index (χ2n) is 6.64. The van der Waals surface area contributed by atoms with Crippen LogP contribution in [0.15, 0.2) is 12.2 Å². The van der Waals surface area contributed by atoms with Crippen molar-refractivity contribution in [2.45, 2.75) is 95.4 Å². The molecule has 27 heavy (non-hydrogen) atoms. The molecule has 0 aliphatic rings. The molecule has 0 spiro atoms. The Hall–Kier alpha value is -1.87. The van der Waals surface area contributed by atoms with Gasteiger partial charge >= 0.3 is 0 Å². The van der Waals surface area contributed by atoms with Crippen molar-refractivity contribution in [2.24, 2.45) is 0 Å². The van der Waals surface area contributed by atoms with Gasteiger partial charge in [-0.15, -0.1) is 0 Å². The summed E-state index contributed by atoms with van der Waals surface area (Å²) in [6.07, 6.45) is 6.85. The number of unbranched alkanes of at least 4 members (excludes halogenated alkanes) is 5.